The molecule has 164 valence electrons. The number of carbonyl (C=O) groups is 3. The van der Waals surface area contributed by atoms with E-state index in [0.717, 1.165) is 16.9 Å². The number of hydrogen-bond acceptors (Lipinski definition) is 5. The van der Waals surface area contributed by atoms with Crippen molar-refractivity contribution in [3.63, 3.8) is 0 Å². The summed E-state index contributed by atoms with van der Waals surface area (Å²) in [5, 5.41) is 18.2. The van der Waals surface area contributed by atoms with Crippen molar-refractivity contribution in [2.75, 3.05) is 18.0 Å². The van der Waals surface area contributed by atoms with Gasteiger partial charge < -0.3 is 15.1 Å². The topological polar surface area (TPSA) is 108 Å². The number of aromatic carboxylic acids is 2. The Balaban J connectivity index is 1.70. The lowest BCUT2D eigenvalue weighted by atomic mass is 9.94. The van der Waals surface area contributed by atoms with Crippen LogP contribution in [0.1, 0.15) is 31.8 Å². The molecule has 1 saturated heterocycles. The second-order valence-corrected chi connectivity index (χ2v) is 7.57. The molecule has 7 heteroatoms. The maximum absolute atomic E-state index is 13.3. The van der Waals surface area contributed by atoms with E-state index in [-0.39, 0.29) is 16.9 Å². The van der Waals surface area contributed by atoms with Crippen LogP contribution in [0.3, 0.4) is 0 Å². The van der Waals surface area contributed by atoms with Gasteiger partial charge in [-0.2, -0.15) is 0 Å². The van der Waals surface area contributed by atoms with Crippen LogP contribution in [-0.2, 0) is 4.79 Å². The molecule has 2 N–H and O–H groups in total. The van der Waals surface area contributed by atoms with Crippen molar-refractivity contribution >= 4 is 35.7 Å². The monoisotopic (exact) mass is 440 g/mol. The molecule has 0 amide bonds. The number of piperidine rings is 1. The van der Waals surface area contributed by atoms with Gasteiger partial charge in [0.25, 0.3) is 0 Å². The Bertz CT molecular complexity index is 1180. The first-order valence-corrected chi connectivity index (χ1v) is 10.2. The Hall–Kier alpha value is -4.52. The zero-order chi connectivity index (χ0) is 23.4. The molecule has 4 rings (SSSR count). The lowest BCUT2D eigenvalue weighted by Gasteiger charge is -2.30. The highest BCUT2D eigenvalue weighted by Crippen LogP contribution is 2.25. The van der Waals surface area contributed by atoms with E-state index < -0.39 is 11.9 Å². The predicted molar refractivity (Wildman–Crippen MR) is 124 cm³/mol. The first kappa shape index (κ1) is 21.7. The number of hydrogen-bond donors (Lipinski definition) is 2. The molecule has 2 heterocycles. The number of anilines is 1. The van der Waals surface area contributed by atoms with Gasteiger partial charge in [0.2, 0.25) is 0 Å². The van der Waals surface area contributed by atoms with E-state index in [1.807, 2.05) is 23.1 Å². The summed E-state index contributed by atoms with van der Waals surface area (Å²) in [6.45, 7) is 0.706. The van der Waals surface area contributed by atoms with E-state index in [9.17, 15) is 14.4 Å². The van der Waals surface area contributed by atoms with Gasteiger partial charge >= 0.3 is 11.9 Å². The smallest absolute Gasteiger partial charge is 0.335 e. The average molecular weight is 440 g/mol. The van der Waals surface area contributed by atoms with Crippen molar-refractivity contribution in [2.45, 2.75) is 0 Å². The maximum Gasteiger partial charge on any atom is 0.335 e. The summed E-state index contributed by atoms with van der Waals surface area (Å²) in [6.07, 6.45) is 5.20. The van der Waals surface area contributed by atoms with Gasteiger partial charge in [-0.1, -0.05) is 30.3 Å². The fraction of sp³-hybridized carbons (Fsp3) is 0.0769. The minimum atomic E-state index is -1.01. The van der Waals surface area contributed by atoms with Gasteiger partial charge in [0.15, 0.2) is 5.78 Å². The molecule has 0 saturated carbocycles. The summed E-state index contributed by atoms with van der Waals surface area (Å²) in [5.41, 5.74) is 2.87. The molecule has 2 aromatic carbocycles. The fourth-order valence-electron chi connectivity index (χ4n) is 3.59. The molecular weight excluding hydrogens is 420 g/mol. The Morgan fingerprint density at radius 2 is 1.24 bits per heavy atom. The number of carboxylic acid groups (broad SMARTS) is 2. The molecule has 7 nitrogen and oxygen atoms in total. The number of carboxylic acids is 2. The summed E-state index contributed by atoms with van der Waals surface area (Å²) in [7, 11) is 0. The zero-order valence-corrected chi connectivity index (χ0v) is 17.5. The molecule has 1 aliphatic heterocycles. The molecule has 0 unspecified atom stereocenters. The first-order chi connectivity index (χ1) is 15.9. The number of nitrogens with zero attached hydrogens (tertiary/aromatic N) is 2. The molecule has 3 aromatic rings. The maximum atomic E-state index is 13.3. The SMILES string of the molecule is O=C1/C(=C\c2ccc(C(=O)O)cc2)CN(c2ccccn2)C/C1=C/c1ccc(C(=O)O)cc1. The largest absolute Gasteiger partial charge is 0.478 e. The van der Waals surface area contributed by atoms with E-state index >= 15 is 0 Å². The molecule has 1 fully saturated rings. The third-order valence-electron chi connectivity index (χ3n) is 5.28. The Morgan fingerprint density at radius 1 is 0.758 bits per heavy atom. The molecule has 0 atom stereocenters. The summed E-state index contributed by atoms with van der Waals surface area (Å²) in [4.78, 5) is 41.9. The van der Waals surface area contributed by atoms with Crippen molar-refractivity contribution in [1.29, 1.82) is 0 Å². The number of ketones is 1. The molecule has 33 heavy (non-hydrogen) atoms. The molecule has 0 bridgehead atoms. The summed E-state index contributed by atoms with van der Waals surface area (Å²) < 4.78 is 0. The molecule has 0 spiro atoms. The third kappa shape index (κ3) is 5.04. The number of benzene rings is 2. The van der Waals surface area contributed by atoms with Gasteiger partial charge in [-0.15, -0.1) is 0 Å². The molecule has 1 aliphatic rings. The second-order valence-electron chi connectivity index (χ2n) is 7.57. The first-order valence-electron chi connectivity index (χ1n) is 10.2. The highest BCUT2D eigenvalue weighted by atomic mass is 16.4. The van der Waals surface area contributed by atoms with Crippen LogP contribution in [-0.4, -0.2) is 46.0 Å². The second kappa shape index (κ2) is 9.32. The van der Waals surface area contributed by atoms with Gasteiger partial charge in [0, 0.05) is 30.4 Å². The zero-order valence-electron chi connectivity index (χ0n) is 17.5. The van der Waals surface area contributed by atoms with Gasteiger partial charge in [-0.3, -0.25) is 4.79 Å². The Labute approximate surface area is 189 Å². The molecule has 1 aromatic heterocycles. The van der Waals surface area contributed by atoms with Crippen LogP contribution in [0.2, 0.25) is 0 Å². The van der Waals surface area contributed by atoms with Gasteiger partial charge in [0.1, 0.15) is 5.82 Å². The Kier molecular flexibility index (Phi) is 6.13. The van der Waals surface area contributed by atoms with Crippen LogP contribution in [0.4, 0.5) is 5.82 Å². The molecule has 0 radical (unpaired) electrons. The normalized spacial score (nSPS) is 16.2. The van der Waals surface area contributed by atoms with Crippen molar-refractivity contribution < 1.29 is 24.6 Å². The van der Waals surface area contributed by atoms with E-state index in [1.165, 1.54) is 24.3 Å². The lowest BCUT2D eigenvalue weighted by Crippen LogP contribution is -2.38. The standard InChI is InChI=1S/C26H20N2O5/c29-24-21(13-17-4-8-19(9-5-17)25(30)31)15-28(23-3-1-2-12-27-23)16-22(24)14-18-6-10-20(11-7-18)26(32)33/h1-14H,15-16H2,(H,30,31)(H,32,33)/b21-13-,22-14-. The average Bonchev–Trinajstić information content (AvgIpc) is 2.82. The minimum absolute atomic E-state index is 0.119. The molecule has 0 aliphatic carbocycles. The van der Waals surface area contributed by atoms with Gasteiger partial charge in [0.05, 0.1) is 11.1 Å². The van der Waals surface area contributed by atoms with Crippen LogP contribution in [0.5, 0.6) is 0 Å². The van der Waals surface area contributed by atoms with Crippen molar-refractivity contribution in [3.05, 3.63) is 106 Å². The van der Waals surface area contributed by atoms with Crippen molar-refractivity contribution in [1.82, 2.24) is 4.98 Å². The molecular formula is C26H20N2O5. The predicted octanol–water partition coefficient (Wildman–Crippen LogP) is 4.03. The van der Waals surface area contributed by atoms with Crippen LogP contribution in [0.15, 0.2) is 84.1 Å². The van der Waals surface area contributed by atoms with E-state index in [2.05, 4.69) is 4.98 Å². The highest BCUT2D eigenvalue weighted by Gasteiger charge is 2.27. The highest BCUT2D eigenvalue weighted by molar-refractivity contribution is 6.15. The van der Waals surface area contributed by atoms with Crippen LogP contribution in [0.25, 0.3) is 12.2 Å². The minimum Gasteiger partial charge on any atom is -0.478 e. The van der Waals surface area contributed by atoms with E-state index in [1.54, 1.807) is 42.6 Å². The number of carbonyl (C=O) groups excluding carboxylic acids is 1. The van der Waals surface area contributed by atoms with Gasteiger partial charge in [-0.25, -0.2) is 14.6 Å². The third-order valence-corrected chi connectivity index (χ3v) is 5.28. The number of pyridine rings is 1. The number of rotatable bonds is 5. The number of Topliss-reactive ketones (excluding diaryl/α,β-unsaturated/α-hetero) is 1. The fourth-order valence-corrected chi connectivity index (χ4v) is 3.59. The van der Waals surface area contributed by atoms with Crippen molar-refractivity contribution in [2.24, 2.45) is 0 Å². The van der Waals surface area contributed by atoms with Crippen LogP contribution >= 0.6 is 0 Å². The summed E-state index contributed by atoms with van der Waals surface area (Å²) in [6, 6.07) is 18.2. The van der Waals surface area contributed by atoms with Crippen LogP contribution < -0.4 is 4.90 Å². The van der Waals surface area contributed by atoms with E-state index in [0.29, 0.717) is 24.2 Å². The van der Waals surface area contributed by atoms with Crippen molar-refractivity contribution in [3.8, 4) is 0 Å². The van der Waals surface area contributed by atoms with E-state index in [4.69, 9.17) is 10.2 Å². The summed E-state index contributed by atoms with van der Waals surface area (Å²) in [5.74, 6) is -1.41. The summed E-state index contributed by atoms with van der Waals surface area (Å²) >= 11 is 0. The lowest BCUT2D eigenvalue weighted by molar-refractivity contribution is -0.112. The van der Waals surface area contributed by atoms with Crippen LogP contribution in [0, 0.1) is 0 Å². The Morgan fingerprint density at radius 3 is 1.64 bits per heavy atom. The van der Waals surface area contributed by atoms with Gasteiger partial charge in [-0.05, 0) is 59.7 Å². The quantitative estimate of drug-likeness (QED) is 0.577. The number of aromatic nitrogens is 1.